The van der Waals surface area contributed by atoms with Crippen molar-refractivity contribution in [1.29, 1.82) is 0 Å². The van der Waals surface area contributed by atoms with Gasteiger partial charge in [-0.2, -0.15) is 0 Å². The lowest BCUT2D eigenvalue weighted by Crippen LogP contribution is -1.54. The minimum absolute atomic E-state index is 0.833. The van der Waals surface area contributed by atoms with Gasteiger partial charge in [-0.25, -0.2) is 0 Å². The zero-order chi connectivity index (χ0) is 10.8. The van der Waals surface area contributed by atoms with Gasteiger partial charge in [0.15, 0.2) is 0 Å². The fraction of sp³-hybridized carbons (Fsp3) is 0.600. The van der Waals surface area contributed by atoms with Gasteiger partial charge in [0.25, 0.3) is 0 Å². The average Bonchev–Trinajstić information content (AvgIpc) is 2.23. The third kappa shape index (κ3) is 508. The van der Waals surface area contributed by atoms with Crippen LogP contribution in [0, 0.1) is 0 Å². The molecule has 0 bridgehead atoms. The summed E-state index contributed by atoms with van der Waals surface area (Å²) in [4.78, 5) is 6.74. The molecule has 0 aromatic heterocycles. The van der Waals surface area contributed by atoms with Crippen LogP contribution in [-0.2, 0) is 0 Å². The van der Waals surface area contributed by atoms with Gasteiger partial charge < -0.3 is 4.99 Å². The monoisotopic (exact) mass is 172 g/mol. The Balaban J connectivity index is -0.0000000380. The lowest BCUT2D eigenvalue weighted by atomic mass is 10.8. The Morgan fingerprint density at radius 3 is 1.25 bits per heavy atom. The van der Waals surface area contributed by atoms with Crippen LogP contribution in [0.1, 0.15) is 34.6 Å². The molecule has 12 heavy (non-hydrogen) atoms. The molecule has 0 aliphatic carbocycles. The second-order valence-corrected chi connectivity index (χ2v) is 0.905. The molecule has 0 fully saturated rings. The van der Waals surface area contributed by atoms with E-state index in [1.807, 2.05) is 34.6 Å². The molecule has 0 aliphatic rings. The highest BCUT2D eigenvalue weighted by Gasteiger charge is 1.43. The van der Waals surface area contributed by atoms with Crippen LogP contribution in [-0.4, -0.2) is 20.0 Å². The van der Waals surface area contributed by atoms with Crippen molar-refractivity contribution < 1.29 is 0 Å². The molecule has 0 radical (unpaired) electrons. The van der Waals surface area contributed by atoms with Gasteiger partial charge in [-0.05, 0) is 20.4 Å². The van der Waals surface area contributed by atoms with Crippen molar-refractivity contribution in [2.24, 2.45) is 9.98 Å². The number of nitrogens with zero attached hydrogens (tertiary/aromatic N) is 2. The maximum atomic E-state index is 3.49. The Morgan fingerprint density at radius 1 is 1.08 bits per heavy atom. The smallest absolute Gasteiger partial charge is 0.0353 e. The van der Waals surface area contributed by atoms with E-state index in [1.165, 1.54) is 6.20 Å². The molecule has 0 heterocycles. The van der Waals surface area contributed by atoms with Crippen LogP contribution in [0.15, 0.2) is 22.8 Å². The van der Waals surface area contributed by atoms with Gasteiger partial charge in [-0.3, -0.25) is 4.99 Å². The number of hydrogen-bond donors (Lipinski definition) is 0. The fourth-order valence-electron chi connectivity index (χ4n) is 0. The van der Waals surface area contributed by atoms with E-state index in [4.69, 9.17) is 0 Å². The van der Waals surface area contributed by atoms with E-state index in [-0.39, 0.29) is 0 Å². The van der Waals surface area contributed by atoms with Crippen LogP contribution in [0.5, 0.6) is 0 Å². The summed E-state index contributed by atoms with van der Waals surface area (Å²) in [6.07, 6.45) is 1.39. The highest BCUT2D eigenvalue weighted by atomic mass is 14.6. The first-order valence-corrected chi connectivity index (χ1v) is 4.32. The van der Waals surface area contributed by atoms with E-state index >= 15 is 0 Å². The summed E-state index contributed by atoms with van der Waals surface area (Å²) in [5.74, 6) is 0. The molecule has 0 atom stereocenters. The van der Waals surface area contributed by atoms with E-state index in [0.29, 0.717) is 0 Å². The van der Waals surface area contributed by atoms with E-state index in [0.717, 1.165) is 6.54 Å². The Bertz CT molecular complexity index is 62.2. The minimum atomic E-state index is 0.833. The largest absolute Gasteiger partial charge is 0.301 e. The maximum absolute atomic E-state index is 3.49. The van der Waals surface area contributed by atoms with Gasteiger partial charge in [0, 0.05) is 12.7 Å². The Morgan fingerprint density at radius 2 is 1.25 bits per heavy atom. The van der Waals surface area contributed by atoms with Crippen molar-refractivity contribution >= 4 is 13.4 Å². The van der Waals surface area contributed by atoms with Crippen molar-refractivity contribution in [2.45, 2.75) is 34.6 Å². The lowest BCUT2D eigenvalue weighted by molar-refractivity contribution is 1.15. The number of rotatable bonds is 2. The molecule has 0 spiro atoms. The zero-order valence-corrected chi connectivity index (χ0v) is 9.30. The molecule has 2 nitrogen and oxygen atoms in total. The maximum Gasteiger partial charge on any atom is 0.0353 e. The summed E-state index contributed by atoms with van der Waals surface area (Å²) in [5, 5.41) is 0. The van der Waals surface area contributed by atoms with Crippen molar-refractivity contribution in [3.05, 3.63) is 12.8 Å². The van der Waals surface area contributed by atoms with Crippen molar-refractivity contribution in [1.82, 2.24) is 0 Å². The van der Waals surface area contributed by atoms with Crippen LogP contribution < -0.4 is 0 Å². The second-order valence-electron chi connectivity index (χ2n) is 0.905. The zero-order valence-electron chi connectivity index (χ0n) is 9.30. The molecule has 0 aliphatic heterocycles. The fourth-order valence-corrected chi connectivity index (χ4v) is 0. The average molecular weight is 172 g/mol. The molecular formula is C10H24N2. The lowest BCUT2D eigenvalue weighted by Gasteiger charge is -1.61. The SMILES string of the molecule is C=CN=C.C=NCC.CC.CC. The Labute approximate surface area is 78.1 Å². The first kappa shape index (κ1) is 22.5. The third-order valence-corrected chi connectivity index (χ3v) is 0.353. The van der Waals surface area contributed by atoms with E-state index in [1.54, 1.807) is 0 Å². The molecule has 0 unspecified atom stereocenters. The molecule has 0 aromatic rings. The predicted octanol–water partition coefficient (Wildman–Crippen LogP) is 3.59. The molecule has 74 valence electrons. The molecule has 0 saturated carbocycles. The van der Waals surface area contributed by atoms with Crippen molar-refractivity contribution in [3.8, 4) is 0 Å². The van der Waals surface area contributed by atoms with E-state index in [9.17, 15) is 0 Å². The predicted molar refractivity (Wildman–Crippen MR) is 62.5 cm³/mol. The molecule has 0 N–H and O–H groups in total. The van der Waals surface area contributed by atoms with Crippen molar-refractivity contribution in [3.63, 3.8) is 0 Å². The first-order chi connectivity index (χ1) is 5.83. The molecule has 0 aromatic carbocycles. The Kier molecular flexibility index (Phi) is 164. The molecule has 0 saturated heterocycles. The first-order valence-electron chi connectivity index (χ1n) is 4.32. The molecule has 0 amide bonds. The van der Waals surface area contributed by atoms with Gasteiger partial charge in [-0.15, -0.1) is 0 Å². The summed E-state index contributed by atoms with van der Waals surface area (Å²) < 4.78 is 0. The summed E-state index contributed by atoms with van der Waals surface area (Å²) in [7, 11) is 0. The quantitative estimate of drug-likeness (QED) is 0.569. The van der Waals surface area contributed by atoms with Gasteiger partial charge in [0.1, 0.15) is 0 Å². The number of hydrogen-bond acceptors (Lipinski definition) is 2. The summed E-state index contributed by atoms with van der Waals surface area (Å²) in [6, 6.07) is 0. The topological polar surface area (TPSA) is 24.7 Å². The van der Waals surface area contributed by atoms with E-state index < -0.39 is 0 Å². The van der Waals surface area contributed by atoms with Crippen LogP contribution in [0.3, 0.4) is 0 Å². The van der Waals surface area contributed by atoms with Gasteiger partial charge >= 0.3 is 0 Å². The van der Waals surface area contributed by atoms with Crippen LogP contribution >= 0.6 is 0 Å². The number of aliphatic imine (C=N–C) groups is 2. The third-order valence-electron chi connectivity index (χ3n) is 0.353. The van der Waals surface area contributed by atoms with Gasteiger partial charge in [0.05, 0.1) is 0 Å². The molecule has 2 heteroatoms. The standard InChI is InChI=1S/C3H7N.C3H5N.2C2H6/c2*1-3-4-2;2*1-2/h2-3H2,1H3;3H,1-2H2;2*1-2H3. The van der Waals surface area contributed by atoms with Crippen LogP contribution in [0.4, 0.5) is 0 Å². The van der Waals surface area contributed by atoms with E-state index in [2.05, 4.69) is 30.0 Å². The second kappa shape index (κ2) is 87.6. The highest BCUT2D eigenvalue weighted by molar-refractivity contribution is 5.24. The van der Waals surface area contributed by atoms with Gasteiger partial charge in [0.2, 0.25) is 0 Å². The summed E-state index contributed by atoms with van der Waals surface area (Å²) >= 11 is 0. The van der Waals surface area contributed by atoms with Crippen LogP contribution in [0.25, 0.3) is 0 Å². The minimum Gasteiger partial charge on any atom is -0.301 e. The molecule has 0 rings (SSSR count). The van der Waals surface area contributed by atoms with Crippen LogP contribution in [0.2, 0.25) is 0 Å². The highest BCUT2D eigenvalue weighted by Crippen LogP contribution is 1.50. The normalized spacial score (nSPS) is 4.75. The summed E-state index contributed by atoms with van der Waals surface area (Å²) in [5.41, 5.74) is 0. The van der Waals surface area contributed by atoms with Crippen molar-refractivity contribution in [2.75, 3.05) is 6.54 Å². The Hall–Kier alpha value is -0.920. The van der Waals surface area contributed by atoms with Gasteiger partial charge in [-0.1, -0.05) is 34.3 Å². The molecular weight excluding hydrogens is 148 g/mol. The summed E-state index contributed by atoms with van der Waals surface area (Å²) in [6.45, 7) is 20.4.